The van der Waals surface area contributed by atoms with Gasteiger partial charge in [-0.25, -0.2) is 4.79 Å². The molecular weight excluding hydrogens is 248 g/mol. The monoisotopic (exact) mass is 266 g/mol. The molecule has 1 heterocycles. The number of carboxylic acid groups (broad SMARTS) is 1. The van der Waals surface area contributed by atoms with Crippen molar-refractivity contribution in [3.8, 4) is 0 Å². The van der Waals surface area contributed by atoms with Crippen molar-refractivity contribution >= 4 is 5.97 Å². The minimum Gasteiger partial charge on any atom is -0.477 e. The summed E-state index contributed by atoms with van der Waals surface area (Å²) >= 11 is 0. The lowest BCUT2D eigenvalue weighted by Crippen LogP contribution is -2.41. The van der Waals surface area contributed by atoms with E-state index in [1.807, 2.05) is 0 Å². The Kier molecular flexibility index (Phi) is 4.52. The summed E-state index contributed by atoms with van der Waals surface area (Å²) in [5.41, 5.74) is 0.207. The van der Waals surface area contributed by atoms with Gasteiger partial charge in [-0.05, 0) is 19.3 Å². The molecule has 1 fully saturated rings. The van der Waals surface area contributed by atoms with Crippen LogP contribution in [0.4, 0.5) is 0 Å². The second-order valence-corrected chi connectivity index (χ2v) is 4.61. The maximum Gasteiger partial charge on any atom is 0.369 e. The van der Waals surface area contributed by atoms with Gasteiger partial charge in [-0.15, -0.1) is 0 Å². The zero-order valence-electron chi connectivity index (χ0n) is 10.6. The average molecular weight is 266 g/mol. The first-order valence-electron chi connectivity index (χ1n) is 6.40. The van der Waals surface area contributed by atoms with Crippen LogP contribution in [0.1, 0.15) is 24.8 Å². The van der Waals surface area contributed by atoms with Gasteiger partial charge in [0.15, 0.2) is 0 Å². The Morgan fingerprint density at radius 2 is 2.11 bits per heavy atom. The smallest absolute Gasteiger partial charge is 0.369 e. The van der Waals surface area contributed by atoms with Crippen molar-refractivity contribution in [2.45, 2.75) is 31.2 Å². The normalized spacial score (nSPS) is 22.7. The van der Waals surface area contributed by atoms with Crippen LogP contribution in [0.15, 0.2) is 30.3 Å². The van der Waals surface area contributed by atoms with Crippen molar-refractivity contribution in [2.75, 3.05) is 13.2 Å². The Morgan fingerprint density at radius 3 is 2.68 bits per heavy atom. The molecule has 0 aromatic heterocycles. The van der Waals surface area contributed by atoms with Crippen molar-refractivity contribution in [2.24, 2.45) is 0 Å². The number of ether oxygens (including phenoxy) is 2. The minimum absolute atomic E-state index is 0.0672. The van der Waals surface area contributed by atoms with Crippen molar-refractivity contribution in [1.82, 2.24) is 0 Å². The summed E-state index contributed by atoms with van der Waals surface area (Å²) in [5, 5.41) is 19.4. The number of rotatable bonds is 5. The van der Waals surface area contributed by atoms with Gasteiger partial charge in [0.2, 0.25) is 0 Å². The van der Waals surface area contributed by atoms with Crippen molar-refractivity contribution in [1.29, 1.82) is 0 Å². The van der Waals surface area contributed by atoms with Crippen LogP contribution in [0.5, 0.6) is 0 Å². The molecule has 2 N–H and O–H groups in total. The molecule has 0 radical (unpaired) electrons. The third kappa shape index (κ3) is 3.32. The quantitative estimate of drug-likeness (QED) is 0.790. The number of aliphatic carboxylic acids is 1. The van der Waals surface area contributed by atoms with E-state index in [0.717, 1.165) is 19.3 Å². The highest BCUT2D eigenvalue weighted by molar-refractivity contribution is 5.77. The van der Waals surface area contributed by atoms with Gasteiger partial charge in [-0.3, -0.25) is 0 Å². The number of carboxylic acids is 1. The molecule has 19 heavy (non-hydrogen) atoms. The molecule has 1 aliphatic rings. The van der Waals surface area contributed by atoms with Crippen molar-refractivity contribution < 1.29 is 24.5 Å². The maximum absolute atomic E-state index is 11.3. The van der Waals surface area contributed by atoms with E-state index in [4.69, 9.17) is 9.47 Å². The molecular formula is C14H18O5. The van der Waals surface area contributed by atoms with Crippen LogP contribution < -0.4 is 0 Å². The zero-order valence-corrected chi connectivity index (χ0v) is 10.6. The fourth-order valence-corrected chi connectivity index (χ4v) is 2.09. The first kappa shape index (κ1) is 14.0. The Morgan fingerprint density at radius 1 is 1.37 bits per heavy atom. The highest BCUT2D eigenvalue weighted by Crippen LogP contribution is 2.24. The van der Waals surface area contributed by atoms with Crippen LogP contribution >= 0.6 is 0 Å². The predicted molar refractivity (Wildman–Crippen MR) is 67.5 cm³/mol. The summed E-state index contributed by atoms with van der Waals surface area (Å²) in [6.45, 7) is 0.725. The van der Waals surface area contributed by atoms with Gasteiger partial charge in [0.05, 0.1) is 12.7 Å². The van der Waals surface area contributed by atoms with Crippen LogP contribution in [0, 0.1) is 0 Å². The first-order chi connectivity index (χ1) is 9.13. The number of hydrogen-bond acceptors (Lipinski definition) is 4. The summed E-state index contributed by atoms with van der Waals surface area (Å²) in [6.07, 6.45) is 2.72. The number of carbonyl (C=O) groups is 1. The predicted octanol–water partition coefficient (Wildman–Crippen LogP) is 1.50. The maximum atomic E-state index is 11.3. The van der Waals surface area contributed by atoms with Gasteiger partial charge in [0.1, 0.15) is 0 Å². The lowest BCUT2D eigenvalue weighted by molar-refractivity contribution is -0.239. The molecule has 0 spiro atoms. The van der Waals surface area contributed by atoms with E-state index >= 15 is 0 Å². The fourth-order valence-electron chi connectivity index (χ4n) is 2.09. The number of aliphatic hydroxyl groups is 1. The molecule has 0 saturated carbocycles. The van der Waals surface area contributed by atoms with Crippen LogP contribution in [-0.2, 0) is 20.1 Å². The van der Waals surface area contributed by atoms with Gasteiger partial charge < -0.3 is 19.7 Å². The molecule has 5 nitrogen and oxygen atoms in total. The fraction of sp³-hybridized carbons (Fsp3) is 0.500. The van der Waals surface area contributed by atoms with Crippen LogP contribution in [0.3, 0.4) is 0 Å². The zero-order chi connectivity index (χ0) is 13.7. The van der Waals surface area contributed by atoms with Gasteiger partial charge >= 0.3 is 5.97 Å². The summed E-state index contributed by atoms with van der Waals surface area (Å²) in [6, 6.07) is 8.11. The largest absolute Gasteiger partial charge is 0.477 e. The molecule has 2 unspecified atom stereocenters. The number of benzene rings is 1. The van der Waals surface area contributed by atoms with Gasteiger partial charge in [0, 0.05) is 12.2 Å². The van der Waals surface area contributed by atoms with Gasteiger partial charge in [0.25, 0.3) is 5.79 Å². The van der Waals surface area contributed by atoms with E-state index < -0.39 is 11.8 Å². The van der Waals surface area contributed by atoms with E-state index in [0.29, 0.717) is 6.61 Å². The standard InChI is InChI=1S/C14H18O5/c15-13(16)14(17,11-6-2-1-3-7-11)19-10-12-8-4-5-9-18-12/h1-3,6-7,12,17H,4-5,8-10H2,(H,15,16). The first-order valence-corrected chi connectivity index (χ1v) is 6.40. The second kappa shape index (κ2) is 6.14. The lowest BCUT2D eigenvalue weighted by atomic mass is 10.1. The highest BCUT2D eigenvalue weighted by Gasteiger charge is 2.40. The number of hydrogen-bond donors (Lipinski definition) is 2. The molecule has 104 valence electrons. The highest BCUT2D eigenvalue weighted by atomic mass is 16.7. The summed E-state index contributed by atoms with van der Waals surface area (Å²) in [4.78, 5) is 11.3. The topological polar surface area (TPSA) is 76.0 Å². The molecule has 1 aromatic rings. The Bertz CT molecular complexity index is 413. The van der Waals surface area contributed by atoms with E-state index in [2.05, 4.69) is 0 Å². The van der Waals surface area contributed by atoms with E-state index in [1.54, 1.807) is 18.2 Å². The van der Waals surface area contributed by atoms with Gasteiger partial charge in [-0.1, -0.05) is 30.3 Å². The molecule has 1 saturated heterocycles. The SMILES string of the molecule is O=C(O)C(O)(OCC1CCCCO1)c1ccccc1. The third-order valence-electron chi connectivity index (χ3n) is 3.21. The van der Waals surface area contributed by atoms with E-state index in [9.17, 15) is 15.0 Å². The van der Waals surface area contributed by atoms with Crippen LogP contribution in [-0.4, -0.2) is 35.5 Å². The van der Waals surface area contributed by atoms with E-state index in [-0.39, 0.29) is 18.3 Å². The molecule has 0 bridgehead atoms. The minimum atomic E-state index is -2.32. The molecule has 0 aliphatic carbocycles. The molecule has 1 aliphatic heterocycles. The van der Waals surface area contributed by atoms with E-state index in [1.165, 1.54) is 12.1 Å². The summed E-state index contributed by atoms with van der Waals surface area (Å²) < 4.78 is 10.7. The van der Waals surface area contributed by atoms with Crippen molar-refractivity contribution in [3.05, 3.63) is 35.9 Å². The Balaban J connectivity index is 2.05. The molecule has 0 amide bonds. The lowest BCUT2D eigenvalue weighted by Gasteiger charge is -2.28. The molecule has 1 aromatic carbocycles. The third-order valence-corrected chi connectivity index (χ3v) is 3.21. The summed E-state index contributed by atoms with van der Waals surface area (Å²) in [5.74, 6) is -3.74. The van der Waals surface area contributed by atoms with Gasteiger partial charge in [-0.2, -0.15) is 0 Å². The second-order valence-electron chi connectivity index (χ2n) is 4.61. The average Bonchev–Trinajstić information content (AvgIpc) is 2.46. The van der Waals surface area contributed by atoms with Crippen molar-refractivity contribution in [3.63, 3.8) is 0 Å². The molecule has 2 atom stereocenters. The summed E-state index contributed by atoms with van der Waals surface area (Å²) in [7, 11) is 0. The molecule has 5 heteroatoms. The molecule has 2 rings (SSSR count). The van der Waals surface area contributed by atoms with Crippen LogP contribution in [0.25, 0.3) is 0 Å². The Labute approximate surface area is 111 Å². The Hall–Kier alpha value is -1.43. The van der Waals surface area contributed by atoms with Crippen LogP contribution in [0.2, 0.25) is 0 Å².